The SMILES string of the molecule is CC(C)CN(Cc1ccc(/C(N)=N/O)cc1)C(C)C. The lowest BCUT2D eigenvalue weighted by Crippen LogP contribution is -2.33. The summed E-state index contributed by atoms with van der Waals surface area (Å²) in [6.07, 6.45) is 0. The molecule has 0 atom stereocenters. The standard InChI is InChI=1S/C15H25N3O/c1-11(2)9-18(12(3)4)10-13-5-7-14(8-6-13)15(16)17-19/h5-8,11-12,19H,9-10H2,1-4H3,(H2,16,17). The predicted octanol–water partition coefficient (Wildman–Crippen LogP) is 2.65. The smallest absolute Gasteiger partial charge is 0.170 e. The minimum absolute atomic E-state index is 0.148. The molecule has 4 nitrogen and oxygen atoms in total. The second kappa shape index (κ2) is 7.14. The van der Waals surface area contributed by atoms with E-state index >= 15 is 0 Å². The summed E-state index contributed by atoms with van der Waals surface area (Å²) in [5, 5.41) is 11.6. The van der Waals surface area contributed by atoms with Crippen molar-refractivity contribution >= 4 is 5.84 Å². The summed E-state index contributed by atoms with van der Waals surface area (Å²) in [6, 6.07) is 8.36. The molecule has 1 rings (SSSR count). The van der Waals surface area contributed by atoms with Gasteiger partial charge in [-0.3, -0.25) is 4.90 Å². The molecule has 106 valence electrons. The van der Waals surface area contributed by atoms with Crippen LogP contribution in [0.5, 0.6) is 0 Å². The van der Waals surface area contributed by atoms with Crippen LogP contribution in [-0.4, -0.2) is 28.5 Å². The molecule has 0 spiro atoms. The summed E-state index contributed by atoms with van der Waals surface area (Å²) < 4.78 is 0. The van der Waals surface area contributed by atoms with Crippen molar-refractivity contribution in [1.82, 2.24) is 4.90 Å². The Labute approximate surface area is 115 Å². The van der Waals surface area contributed by atoms with Crippen LogP contribution in [0.4, 0.5) is 0 Å². The molecule has 0 radical (unpaired) electrons. The van der Waals surface area contributed by atoms with Gasteiger partial charge in [-0.2, -0.15) is 0 Å². The highest BCUT2D eigenvalue weighted by atomic mass is 16.4. The first-order valence-corrected chi connectivity index (χ1v) is 6.75. The number of oxime groups is 1. The molecular weight excluding hydrogens is 238 g/mol. The molecule has 0 amide bonds. The van der Waals surface area contributed by atoms with E-state index in [2.05, 4.69) is 37.8 Å². The minimum Gasteiger partial charge on any atom is -0.409 e. The van der Waals surface area contributed by atoms with Crippen molar-refractivity contribution in [2.75, 3.05) is 6.54 Å². The van der Waals surface area contributed by atoms with E-state index in [1.165, 1.54) is 5.56 Å². The Hall–Kier alpha value is -1.55. The van der Waals surface area contributed by atoms with Crippen molar-refractivity contribution in [3.8, 4) is 0 Å². The molecule has 0 aliphatic heterocycles. The molecule has 0 aliphatic carbocycles. The largest absolute Gasteiger partial charge is 0.409 e. The fourth-order valence-electron chi connectivity index (χ4n) is 2.00. The van der Waals surface area contributed by atoms with Crippen molar-refractivity contribution in [3.63, 3.8) is 0 Å². The molecule has 0 saturated carbocycles. The maximum Gasteiger partial charge on any atom is 0.170 e. The molecule has 1 aromatic rings. The van der Waals surface area contributed by atoms with E-state index in [9.17, 15) is 0 Å². The maximum absolute atomic E-state index is 8.63. The Morgan fingerprint density at radius 2 is 1.79 bits per heavy atom. The van der Waals surface area contributed by atoms with Crippen LogP contribution < -0.4 is 5.73 Å². The molecular formula is C15H25N3O. The van der Waals surface area contributed by atoms with Crippen molar-refractivity contribution in [1.29, 1.82) is 0 Å². The lowest BCUT2D eigenvalue weighted by molar-refractivity contribution is 0.189. The van der Waals surface area contributed by atoms with Crippen LogP contribution in [-0.2, 0) is 6.54 Å². The van der Waals surface area contributed by atoms with Crippen LogP contribution in [0.2, 0.25) is 0 Å². The van der Waals surface area contributed by atoms with E-state index in [1.807, 2.05) is 24.3 Å². The van der Waals surface area contributed by atoms with Crippen LogP contribution in [0.25, 0.3) is 0 Å². The summed E-state index contributed by atoms with van der Waals surface area (Å²) in [6.45, 7) is 10.9. The number of rotatable bonds is 6. The summed E-state index contributed by atoms with van der Waals surface area (Å²) in [4.78, 5) is 2.45. The Morgan fingerprint density at radius 1 is 1.21 bits per heavy atom. The molecule has 19 heavy (non-hydrogen) atoms. The average Bonchev–Trinajstić information content (AvgIpc) is 2.37. The summed E-state index contributed by atoms with van der Waals surface area (Å²) in [5.41, 5.74) is 7.53. The summed E-state index contributed by atoms with van der Waals surface area (Å²) in [7, 11) is 0. The van der Waals surface area contributed by atoms with E-state index in [0.717, 1.165) is 18.7 Å². The zero-order chi connectivity index (χ0) is 14.4. The Bertz CT molecular complexity index is 410. The normalized spacial score (nSPS) is 12.7. The third-order valence-corrected chi connectivity index (χ3v) is 3.07. The Kier molecular flexibility index (Phi) is 5.83. The number of hydrogen-bond donors (Lipinski definition) is 2. The first-order valence-electron chi connectivity index (χ1n) is 6.75. The van der Waals surface area contributed by atoms with Crippen molar-refractivity contribution in [3.05, 3.63) is 35.4 Å². The molecule has 4 heteroatoms. The highest BCUT2D eigenvalue weighted by Crippen LogP contribution is 2.12. The lowest BCUT2D eigenvalue weighted by atomic mass is 10.1. The molecule has 0 fully saturated rings. The van der Waals surface area contributed by atoms with Crippen LogP contribution in [0.3, 0.4) is 0 Å². The molecule has 1 aromatic carbocycles. The van der Waals surface area contributed by atoms with Gasteiger partial charge < -0.3 is 10.9 Å². The Balaban J connectivity index is 2.75. The zero-order valence-corrected chi connectivity index (χ0v) is 12.3. The van der Waals surface area contributed by atoms with E-state index in [-0.39, 0.29) is 5.84 Å². The van der Waals surface area contributed by atoms with Gasteiger partial charge in [0.1, 0.15) is 0 Å². The number of amidine groups is 1. The maximum atomic E-state index is 8.63. The molecule has 0 aromatic heterocycles. The van der Waals surface area contributed by atoms with Crippen molar-refractivity contribution in [2.24, 2.45) is 16.8 Å². The van der Waals surface area contributed by atoms with Crippen LogP contribution >= 0.6 is 0 Å². The van der Waals surface area contributed by atoms with Crippen LogP contribution in [0.15, 0.2) is 29.4 Å². The van der Waals surface area contributed by atoms with Gasteiger partial charge in [0.05, 0.1) is 0 Å². The minimum atomic E-state index is 0.148. The van der Waals surface area contributed by atoms with Crippen molar-refractivity contribution < 1.29 is 5.21 Å². The lowest BCUT2D eigenvalue weighted by Gasteiger charge is -2.28. The van der Waals surface area contributed by atoms with E-state index < -0.39 is 0 Å². The van der Waals surface area contributed by atoms with Gasteiger partial charge >= 0.3 is 0 Å². The molecule has 3 N–H and O–H groups in total. The topological polar surface area (TPSA) is 61.8 Å². The fraction of sp³-hybridized carbons (Fsp3) is 0.533. The third-order valence-electron chi connectivity index (χ3n) is 3.07. The predicted molar refractivity (Wildman–Crippen MR) is 79.3 cm³/mol. The summed E-state index contributed by atoms with van der Waals surface area (Å²) in [5.74, 6) is 0.799. The van der Waals surface area contributed by atoms with Gasteiger partial charge in [-0.25, -0.2) is 0 Å². The quantitative estimate of drug-likeness (QED) is 0.359. The number of nitrogens with two attached hydrogens (primary N) is 1. The van der Waals surface area contributed by atoms with Gasteiger partial charge in [-0.1, -0.05) is 43.3 Å². The van der Waals surface area contributed by atoms with Gasteiger partial charge in [-0.05, 0) is 25.3 Å². The van der Waals surface area contributed by atoms with Gasteiger partial charge in [-0.15, -0.1) is 0 Å². The van der Waals surface area contributed by atoms with Crippen LogP contribution in [0, 0.1) is 5.92 Å². The first-order chi connectivity index (χ1) is 8.93. The number of benzene rings is 1. The van der Waals surface area contributed by atoms with Crippen LogP contribution in [0.1, 0.15) is 38.8 Å². The van der Waals surface area contributed by atoms with Crippen molar-refractivity contribution in [2.45, 2.75) is 40.3 Å². The van der Waals surface area contributed by atoms with Gasteiger partial charge in [0, 0.05) is 24.7 Å². The molecule has 0 unspecified atom stereocenters. The molecule has 0 bridgehead atoms. The summed E-state index contributed by atoms with van der Waals surface area (Å²) >= 11 is 0. The zero-order valence-electron chi connectivity index (χ0n) is 12.3. The van der Waals surface area contributed by atoms with E-state index in [1.54, 1.807) is 0 Å². The first kappa shape index (κ1) is 15.5. The molecule has 0 saturated heterocycles. The molecule has 0 aliphatic rings. The van der Waals surface area contributed by atoms with E-state index in [0.29, 0.717) is 12.0 Å². The van der Waals surface area contributed by atoms with Gasteiger partial charge in [0.15, 0.2) is 5.84 Å². The second-order valence-corrected chi connectivity index (χ2v) is 5.60. The van der Waals surface area contributed by atoms with Gasteiger partial charge in [0.25, 0.3) is 0 Å². The molecule has 0 heterocycles. The fourth-order valence-corrected chi connectivity index (χ4v) is 2.00. The second-order valence-electron chi connectivity index (χ2n) is 5.60. The Morgan fingerprint density at radius 3 is 2.21 bits per heavy atom. The highest BCUT2D eigenvalue weighted by Gasteiger charge is 2.11. The number of hydrogen-bond acceptors (Lipinski definition) is 3. The highest BCUT2D eigenvalue weighted by molar-refractivity contribution is 5.96. The van der Waals surface area contributed by atoms with E-state index in [4.69, 9.17) is 10.9 Å². The third kappa shape index (κ3) is 4.91. The monoisotopic (exact) mass is 263 g/mol. The average molecular weight is 263 g/mol. The van der Waals surface area contributed by atoms with Gasteiger partial charge in [0.2, 0.25) is 0 Å². The number of nitrogens with zero attached hydrogens (tertiary/aromatic N) is 2.